The molecule has 1 fully saturated rings. The molecule has 3 rings (SSSR count). The molecule has 7 heteroatoms. The van der Waals surface area contributed by atoms with E-state index < -0.39 is 5.41 Å². The molecule has 1 saturated heterocycles. The van der Waals surface area contributed by atoms with Crippen molar-refractivity contribution >= 4 is 11.6 Å². The summed E-state index contributed by atoms with van der Waals surface area (Å²) in [6.07, 6.45) is 2.93. The Balaban J connectivity index is 1.65. The number of hydrogen-bond donors (Lipinski definition) is 2. The zero-order chi connectivity index (χ0) is 17.7. The quantitative estimate of drug-likeness (QED) is 0.865. The van der Waals surface area contributed by atoms with Crippen LogP contribution in [0.5, 0.6) is 11.8 Å². The van der Waals surface area contributed by atoms with Gasteiger partial charge in [-0.15, -0.1) is 0 Å². The van der Waals surface area contributed by atoms with Crippen molar-refractivity contribution in [1.82, 2.24) is 9.97 Å². The number of nitrogens with zero attached hydrogens (tertiary/aromatic N) is 2. The van der Waals surface area contributed by atoms with Gasteiger partial charge in [-0.25, -0.2) is 9.97 Å². The number of carbonyl (C=O) groups is 1. The number of aryl methyl sites for hydroxylation is 1. The lowest BCUT2D eigenvalue weighted by molar-refractivity contribution is -0.130. The van der Waals surface area contributed by atoms with Crippen LogP contribution in [0.4, 0.5) is 5.69 Å². The Morgan fingerprint density at radius 3 is 2.64 bits per heavy atom. The van der Waals surface area contributed by atoms with Crippen molar-refractivity contribution < 1.29 is 14.3 Å². The van der Waals surface area contributed by atoms with Gasteiger partial charge in [0.2, 0.25) is 5.91 Å². The molecule has 0 atom stereocenters. The van der Waals surface area contributed by atoms with Crippen molar-refractivity contribution in [2.75, 3.05) is 25.1 Å². The van der Waals surface area contributed by atoms with Crippen LogP contribution in [0, 0.1) is 12.3 Å². The van der Waals surface area contributed by atoms with Crippen LogP contribution in [0.1, 0.15) is 18.5 Å². The molecule has 7 nitrogen and oxygen atoms in total. The molecule has 0 aliphatic carbocycles. The van der Waals surface area contributed by atoms with E-state index in [9.17, 15) is 4.79 Å². The molecule has 1 aromatic heterocycles. The van der Waals surface area contributed by atoms with Crippen LogP contribution in [-0.4, -0.2) is 35.6 Å². The second-order valence-corrected chi connectivity index (χ2v) is 6.16. The van der Waals surface area contributed by atoms with E-state index in [1.807, 2.05) is 6.92 Å². The van der Waals surface area contributed by atoms with Gasteiger partial charge >= 0.3 is 6.01 Å². The summed E-state index contributed by atoms with van der Waals surface area (Å²) in [5.41, 5.74) is 6.84. The summed E-state index contributed by atoms with van der Waals surface area (Å²) in [6, 6.07) is 9.19. The van der Waals surface area contributed by atoms with Crippen molar-refractivity contribution in [3.05, 3.63) is 42.2 Å². The maximum atomic E-state index is 12.6. The number of carbonyl (C=O) groups excluding carboxylic acids is 1. The predicted octanol–water partition coefficient (Wildman–Crippen LogP) is 2.27. The van der Waals surface area contributed by atoms with Gasteiger partial charge in [-0.1, -0.05) is 0 Å². The summed E-state index contributed by atoms with van der Waals surface area (Å²) < 4.78 is 10.9. The molecule has 0 spiro atoms. The highest BCUT2D eigenvalue weighted by Crippen LogP contribution is 2.31. The van der Waals surface area contributed by atoms with E-state index in [0.717, 1.165) is 5.69 Å². The Hall–Kier alpha value is -2.51. The lowest BCUT2D eigenvalue weighted by atomic mass is 9.79. The fourth-order valence-corrected chi connectivity index (χ4v) is 2.74. The van der Waals surface area contributed by atoms with Gasteiger partial charge in [-0.3, -0.25) is 4.79 Å². The first-order valence-corrected chi connectivity index (χ1v) is 8.28. The predicted molar refractivity (Wildman–Crippen MR) is 93.5 cm³/mol. The van der Waals surface area contributed by atoms with Gasteiger partial charge in [0.1, 0.15) is 5.75 Å². The van der Waals surface area contributed by atoms with Crippen LogP contribution in [-0.2, 0) is 9.53 Å². The highest BCUT2D eigenvalue weighted by Gasteiger charge is 2.38. The van der Waals surface area contributed by atoms with Crippen LogP contribution < -0.4 is 15.8 Å². The monoisotopic (exact) mass is 342 g/mol. The molecular formula is C18H22N4O3. The van der Waals surface area contributed by atoms with Crippen LogP contribution >= 0.6 is 0 Å². The minimum atomic E-state index is -0.553. The molecule has 25 heavy (non-hydrogen) atoms. The normalized spacial score (nSPS) is 16.2. The minimum Gasteiger partial charge on any atom is -0.424 e. The number of ether oxygens (including phenoxy) is 2. The molecule has 0 bridgehead atoms. The third-order valence-electron chi connectivity index (χ3n) is 4.42. The number of amides is 1. The fourth-order valence-electron chi connectivity index (χ4n) is 2.74. The molecular weight excluding hydrogens is 320 g/mol. The zero-order valence-corrected chi connectivity index (χ0v) is 14.2. The standard InChI is InChI=1S/C18H22N4O3/c1-13-6-9-20-17(21-13)25-15-4-2-14(3-5-15)22-16(23)18(12-19)7-10-24-11-8-18/h2-6,9H,7-8,10-12,19H2,1H3,(H,22,23). The molecule has 0 unspecified atom stereocenters. The van der Waals surface area contributed by atoms with E-state index in [1.54, 1.807) is 36.5 Å². The van der Waals surface area contributed by atoms with Gasteiger partial charge in [-0.05, 0) is 50.1 Å². The summed E-state index contributed by atoms with van der Waals surface area (Å²) in [5, 5.41) is 2.94. The van der Waals surface area contributed by atoms with Gasteiger partial charge in [0.25, 0.3) is 0 Å². The molecule has 0 saturated carbocycles. The Bertz CT molecular complexity index is 727. The molecule has 0 radical (unpaired) electrons. The van der Waals surface area contributed by atoms with Gasteiger partial charge in [0.15, 0.2) is 0 Å². The van der Waals surface area contributed by atoms with Crippen molar-refractivity contribution in [3.8, 4) is 11.8 Å². The summed E-state index contributed by atoms with van der Waals surface area (Å²) in [4.78, 5) is 20.9. The van der Waals surface area contributed by atoms with Crippen molar-refractivity contribution in [3.63, 3.8) is 0 Å². The largest absolute Gasteiger partial charge is 0.424 e. The molecule has 132 valence electrons. The summed E-state index contributed by atoms with van der Waals surface area (Å²) in [6.45, 7) is 3.31. The van der Waals surface area contributed by atoms with E-state index in [-0.39, 0.29) is 5.91 Å². The van der Waals surface area contributed by atoms with Gasteiger partial charge in [0, 0.05) is 37.3 Å². The van der Waals surface area contributed by atoms with Crippen LogP contribution in [0.2, 0.25) is 0 Å². The molecule has 1 amide bonds. The van der Waals surface area contributed by atoms with Crippen molar-refractivity contribution in [2.45, 2.75) is 19.8 Å². The number of nitrogens with one attached hydrogen (secondary N) is 1. The maximum absolute atomic E-state index is 12.6. The first-order valence-electron chi connectivity index (χ1n) is 8.28. The summed E-state index contributed by atoms with van der Waals surface area (Å²) in [5.74, 6) is 0.539. The first kappa shape index (κ1) is 17.3. The second kappa shape index (κ2) is 7.58. The number of hydrogen-bond acceptors (Lipinski definition) is 6. The summed E-state index contributed by atoms with van der Waals surface area (Å²) in [7, 11) is 0. The van der Waals surface area contributed by atoms with E-state index in [0.29, 0.717) is 50.0 Å². The average molecular weight is 342 g/mol. The number of benzene rings is 1. The molecule has 1 aliphatic rings. The highest BCUT2D eigenvalue weighted by atomic mass is 16.5. The summed E-state index contributed by atoms with van der Waals surface area (Å²) >= 11 is 0. The second-order valence-electron chi connectivity index (χ2n) is 6.16. The van der Waals surface area contributed by atoms with Crippen LogP contribution in [0.25, 0.3) is 0 Å². The van der Waals surface area contributed by atoms with Crippen molar-refractivity contribution in [2.24, 2.45) is 11.1 Å². The Kier molecular flexibility index (Phi) is 5.25. The molecule has 1 aromatic carbocycles. The number of nitrogens with two attached hydrogens (primary N) is 1. The smallest absolute Gasteiger partial charge is 0.322 e. The third-order valence-corrected chi connectivity index (χ3v) is 4.42. The van der Waals surface area contributed by atoms with E-state index >= 15 is 0 Å². The molecule has 1 aliphatic heterocycles. The number of rotatable bonds is 5. The van der Waals surface area contributed by atoms with E-state index in [1.165, 1.54) is 0 Å². The Morgan fingerprint density at radius 2 is 2.00 bits per heavy atom. The number of aromatic nitrogens is 2. The van der Waals surface area contributed by atoms with Crippen molar-refractivity contribution in [1.29, 1.82) is 0 Å². The Labute approximate surface area is 146 Å². The van der Waals surface area contributed by atoms with E-state index in [2.05, 4.69) is 15.3 Å². The molecule has 2 aromatic rings. The lowest BCUT2D eigenvalue weighted by Crippen LogP contribution is -2.46. The van der Waals surface area contributed by atoms with Crippen LogP contribution in [0.3, 0.4) is 0 Å². The highest BCUT2D eigenvalue weighted by molar-refractivity contribution is 5.95. The third kappa shape index (κ3) is 4.12. The Morgan fingerprint density at radius 1 is 1.28 bits per heavy atom. The minimum absolute atomic E-state index is 0.0611. The zero-order valence-electron chi connectivity index (χ0n) is 14.2. The fraction of sp³-hybridized carbons (Fsp3) is 0.389. The average Bonchev–Trinajstić information content (AvgIpc) is 2.64. The SMILES string of the molecule is Cc1ccnc(Oc2ccc(NC(=O)C3(CN)CCOCC3)cc2)n1. The molecule has 3 N–H and O–H groups in total. The lowest BCUT2D eigenvalue weighted by Gasteiger charge is -2.34. The van der Waals surface area contributed by atoms with Gasteiger partial charge in [0.05, 0.1) is 5.41 Å². The number of anilines is 1. The first-order chi connectivity index (χ1) is 12.1. The van der Waals surface area contributed by atoms with Gasteiger partial charge < -0.3 is 20.5 Å². The topological polar surface area (TPSA) is 99.4 Å². The van der Waals surface area contributed by atoms with Crippen LogP contribution in [0.15, 0.2) is 36.5 Å². The maximum Gasteiger partial charge on any atom is 0.322 e. The molecule has 2 heterocycles. The van der Waals surface area contributed by atoms with Gasteiger partial charge in [-0.2, -0.15) is 0 Å². The van der Waals surface area contributed by atoms with E-state index in [4.69, 9.17) is 15.2 Å².